The summed E-state index contributed by atoms with van der Waals surface area (Å²) in [6.07, 6.45) is 0. The van der Waals surface area contributed by atoms with Crippen LogP contribution in [0.1, 0.15) is 12.6 Å². The first-order chi connectivity index (χ1) is 11.2. The van der Waals surface area contributed by atoms with Crippen LogP contribution < -0.4 is 14.8 Å². The Bertz CT molecular complexity index is 837. The van der Waals surface area contributed by atoms with Crippen LogP contribution in [0.3, 0.4) is 0 Å². The van der Waals surface area contributed by atoms with Gasteiger partial charge in [-0.05, 0) is 50.2 Å². The average Bonchev–Trinajstić information content (AvgIpc) is 2.56. The number of halogens is 1. The summed E-state index contributed by atoms with van der Waals surface area (Å²) in [5.74, 6) is 1.67. The van der Waals surface area contributed by atoms with Crippen molar-refractivity contribution in [3.05, 3.63) is 54.2 Å². The monoisotopic (exact) mass is 344 g/mol. The molecular formula is C19H21ClN2O2. The van der Waals surface area contributed by atoms with Gasteiger partial charge in [0.2, 0.25) is 0 Å². The predicted molar refractivity (Wildman–Crippen MR) is 101 cm³/mol. The summed E-state index contributed by atoms with van der Waals surface area (Å²) in [5, 5.41) is 4.49. The Morgan fingerprint density at radius 2 is 1.88 bits per heavy atom. The van der Waals surface area contributed by atoms with Crippen LogP contribution in [0.25, 0.3) is 10.9 Å². The number of benzene rings is 2. The molecule has 0 aliphatic heterocycles. The van der Waals surface area contributed by atoms with Gasteiger partial charge in [0.1, 0.15) is 11.5 Å². The second-order valence-corrected chi connectivity index (χ2v) is 5.28. The van der Waals surface area contributed by atoms with Crippen molar-refractivity contribution < 1.29 is 9.47 Å². The number of nitrogens with zero attached hydrogens (tertiary/aromatic N) is 1. The van der Waals surface area contributed by atoms with Gasteiger partial charge in [0.25, 0.3) is 0 Å². The fraction of sp³-hybridized carbons (Fsp3) is 0.211. The standard InChI is InChI=1S/C19H20N2O2.ClH/c1-4-23-16-8-9-18-17(12-16)19(10-13(2)20-18)21-14-6-5-7-15(11-14)22-3;/h5-12H,4H2,1-3H3,(H,20,21);1H. The number of methoxy groups -OCH3 is 1. The highest BCUT2D eigenvalue weighted by molar-refractivity contribution is 5.94. The molecule has 0 unspecified atom stereocenters. The van der Waals surface area contributed by atoms with Crippen LogP contribution in [0.15, 0.2) is 48.5 Å². The van der Waals surface area contributed by atoms with E-state index in [1.54, 1.807) is 7.11 Å². The van der Waals surface area contributed by atoms with E-state index in [2.05, 4.69) is 10.3 Å². The van der Waals surface area contributed by atoms with Gasteiger partial charge in [-0.25, -0.2) is 0 Å². The minimum atomic E-state index is 0. The molecule has 5 heteroatoms. The van der Waals surface area contributed by atoms with Gasteiger partial charge < -0.3 is 14.8 Å². The van der Waals surface area contributed by atoms with E-state index in [1.165, 1.54) is 0 Å². The smallest absolute Gasteiger partial charge is 0.120 e. The number of ether oxygens (including phenoxy) is 2. The summed E-state index contributed by atoms with van der Waals surface area (Å²) >= 11 is 0. The van der Waals surface area contributed by atoms with Gasteiger partial charge in [-0.1, -0.05) is 6.07 Å². The Kier molecular flexibility index (Phi) is 5.88. The second-order valence-electron chi connectivity index (χ2n) is 5.28. The molecule has 0 saturated carbocycles. The number of fused-ring (bicyclic) bond motifs is 1. The molecule has 0 aliphatic carbocycles. The molecule has 1 aromatic heterocycles. The normalized spacial score (nSPS) is 10.1. The van der Waals surface area contributed by atoms with Crippen LogP contribution >= 0.6 is 12.4 Å². The van der Waals surface area contributed by atoms with Gasteiger partial charge in [0.05, 0.1) is 19.2 Å². The van der Waals surface area contributed by atoms with Crippen LogP contribution in [0, 0.1) is 6.92 Å². The second kappa shape index (κ2) is 7.88. The first-order valence-corrected chi connectivity index (χ1v) is 7.65. The molecule has 0 bridgehead atoms. The van der Waals surface area contributed by atoms with E-state index in [4.69, 9.17) is 9.47 Å². The van der Waals surface area contributed by atoms with Crippen LogP contribution in [-0.2, 0) is 0 Å². The number of rotatable bonds is 5. The Labute approximate surface area is 148 Å². The van der Waals surface area contributed by atoms with E-state index in [0.29, 0.717) is 6.61 Å². The van der Waals surface area contributed by atoms with Crippen molar-refractivity contribution in [3.8, 4) is 11.5 Å². The Balaban J connectivity index is 0.00000208. The highest BCUT2D eigenvalue weighted by Crippen LogP contribution is 2.30. The summed E-state index contributed by atoms with van der Waals surface area (Å²) in [7, 11) is 1.67. The van der Waals surface area contributed by atoms with E-state index >= 15 is 0 Å². The van der Waals surface area contributed by atoms with E-state index in [0.717, 1.165) is 39.5 Å². The van der Waals surface area contributed by atoms with Crippen molar-refractivity contribution in [2.24, 2.45) is 0 Å². The lowest BCUT2D eigenvalue weighted by atomic mass is 10.1. The zero-order valence-corrected chi connectivity index (χ0v) is 14.8. The van der Waals surface area contributed by atoms with Crippen molar-refractivity contribution in [2.75, 3.05) is 19.0 Å². The van der Waals surface area contributed by atoms with E-state index in [1.807, 2.05) is 62.4 Å². The molecule has 0 radical (unpaired) electrons. The number of anilines is 2. The molecule has 3 rings (SSSR count). The third-order valence-electron chi connectivity index (χ3n) is 3.57. The molecule has 0 spiro atoms. The minimum absolute atomic E-state index is 0. The highest BCUT2D eigenvalue weighted by atomic mass is 35.5. The lowest BCUT2D eigenvalue weighted by Gasteiger charge is -2.13. The number of hydrogen-bond donors (Lipinski definition) is 1. The molecule has 1 heterocycles. The quantitative estimate of drug-likeness (QED) is 0.698. The van der Waals surface area contributed by atoms with Crippen molar-refractivity contribution in [1.82, 2.24) is 4.98 Å². The van der Waals surface area contributed by atoms with Gasteiger partial charge in [0.15, 0.2) is 0 Å². The molecule has 0 atom stereocenters. The summed E-state index contributed by atoms with van der Waals surface area (Å²) in [6.45, 7) is 4.61. The summed E-state index contributed by atoms with van der Waals surface area (Å²) in [6, 6.07) is 15.9. The van der Waals surface area contributed by atoms with Crippen molar-refractivity contribution in [2.45, 2.75) is 13.8 Å². The predicted octanol–water partition coefficient (Wildman–Crippen LogP) is 5.12. The molecule has 24 heavy (non-hydrogen) atoms. The fourth-order valence-electron chi connectivity index (χ4n) is 2.55. The van der Waals surface area contributed by atoms with Gasteiger partial charge in [-0.15, -0.1) is 12.4 Å². The van der Waals surface area contributed by atoms with Crippen LogP contribution in [-0.4, -0.2) is 18.7 Å². The van der Waals surface area contributed by atoms with Crippen molar-refractivity contribution in [1.29, 1.82) is 0 Å². The van der Waals surface area contributed by atoms with Crippen molar-refractivity contribution >= 4 is 34.7 Å². The summed E-state index contributed by atoms with van der Waals surface area (Å²) < 4.78 is 10.9. The molecular weight excluding hydrogens is 324 g/mol. The van der Waals surface area contributed by atoms with E-state index < -0.39 is 0 Å². The molecule has 126 valence electrons. The van der Waals surface area contributed by atoms with Crippen LogP contribution in [0.4, 0.5) is 11.4 Å². The maximum Gasteiger partial charge on any atom is 0.120 e. The fourth-order valence-corrected chi connectivity index (χ4v) is 2.55. The van der Waals surface area contributed by atoms with Crippen LogP contribution in [0.2, 0.25) is 0 Å². The Morgan fingerprint density at radius 1 is 1.04 bits per heavy atom. The molecule has 3 aromatic rings. The first kappa shape index (κ1) is 17.9. The lowest BCUT2D eigenvalue weighted by Crippen LogP contribution is -1.97. The molecule has 0 saturated heterocycles. The van der Waals surface area contributed by atoms with Gasteiger partial charge in [-0.2, -0.15) is 0 Å². The molecule has 0 amide bonds. The third-order valence-corrected chi connectivity index (χ3v) is 3.57. The lowest BCUT2D eigenvalue weighted by molar-refractivity contribution is 0.340. The zero-order valence-electron chi connectivity index (χ0n) is 14.0. The number of aromatic nitrogens is 1. The molecule has 1 N–H and O–H groups in total. The Morgan fingerprint density at radius 3 is 2.62 bits per heavy atom. The number of aryl methyl sites for hydroxylation is 1. The largest absolute Gasteiger partial charge is 0.497 e. The number of pyridine rings is 1. The van der Waals surface area contributed by atoms with Gasteiger partial charge in [0, 0.05) is 28.5 Å². The summed E-state index contributed by atoms with van der Waals surface area (Å²) in [4.78, 5) is 4.59. The molecule has 0 fully saturated rings. The molecule has 2 aromatic carbocycles. The summed E-state index contributed by atoms with van der Waals surface area (Å²) in [5.41, 5.74) is 3.88. The van der Waals surface area contributed by atoms with Gasteiger partial charge >= 0.3 is 0 Å². The Hall–Kier alpha value is -2.46. The zero-order chi connectivity index (χ0) is 16.2. The minimum Gasteiger partial charge on any atom is -0.497 e. The molecule has 0 aliphatic rings. The maximum atomic E-state index is 5.61. The highest BCUT2D eigenvalue weighted by Gasteiger charge is 2.07. The maximum absolute atomic E-state index is 5.61. The van der Waals surface area contributed by atoms with Crippen LogP contribution in [0.5, 0.6) is 11.5 Å². The van der Waals surface area contributed by atoms with E-state index in [-0.39, 0.29) is 12.4 Å². The number of nitrogens with one attached hydrogen (secondary N) is 1. The SMILES string of the molecule is CCOc1ccc2nc(C)cc(Nc3cccc(OC)c3)c2c1.Cl. The topological polar surface area (TPSA) is 43.4 Å². The first-order valence-electron chi connectivity index (χ1n) is 7.65. The van der Waals surface area contributed by atoms with Gasteiger partial charge in [-0.3, -0.25) is 4.98 Å². The molecule has 4 nitrogen and oxygen atoms in total. The van der Waals surface area contributed by atoms with Crippen molar-refractivity contribution in [3.63, 3.8) is 0 Å². The third kappa shape index (κ3) is 3.89. The van der Waals surface area contributed by atoms with E-state index in [9.17, 15) is 0 Å². The average molecular weight is 345 g/mol. The number of hydrogen-bond acceptors (Lipinski definition) is 4.